The van der Waals surface area contributed by atoms with E-state index in [2.05, 4.69) is 6.92 Å². The highest BCUT2D eigenvalue weighted by Crippen LogP contribution is 2.29. The number of hydrogen-bond acceptors (Lipinski definition) is 1. The van der Waals surface area contributed by atoms with Crippen LogP contribution < -0.4 is 0 Å². The van der Waals surface area contributed by atoms with Gasteiger partial charge >= 0.3 is 5.97 Å². The van der Waals surface area contributed by atoms with Gasteiger partial charge in [-0.05, 0) is 25.2 Å². The third-order valence-corrected chi connectivity index (χ3v) is 1.90. The van der Waals surface area contributed by atoms with Crippen LogP contribution in [0.15, 0.2) is 11.6 Å². The summed E-state index contributed by atoms with van der Waals surface area (Å²) in [6.45, 7) is 2.16. The first-order chi connectivity index (χ1) is 4.68. The standard InChI is InChI=1S/C8H12O2/c1-6-2-3-7(4-6)5-8(9)10/h5-6H,2-4H2,1H3,(H,9,10)/b7-5-. The fourth-order valence-electron chi connectivity index (χ4n) is 1.39. The molecule has 1 fully saturated rings. The quantitative estimate of drug-likeness (QED) is 0.564. The van der Waals surface area contributed by atoms with Crippen molar-refractivity contribution in [2.75, 3.05) is 0 Å². The van der Waals surface area contributed by atoms with Crippen molar-refractivity contribution in [1.29, 1.82) is 0 Å². The van der Waals surface area contributed by atoms with E-state index < -0.39 is 5.97 Å². The van der Waals surface area contributed by atoms with E-state index in [-0.39, 0.29) is 0 Å². The van der Waals surface area contributed by atoms with Gasteiger partial charge in [-0.1, -0.05) is 12.5 Å². The number of rotatable bonds is 1. The van der Waals surface area contributed by atoms with Crippen molar-refractivity contribution in [2.24, 2.45) is 5.92 Å². The largest absolute Gasteiger partial charge is 0.478 e. The van der Waals surface area contributed by atoms with Crippen LogP contribution in [0, 0.1) is 5.92 Å². The molecule has 0 heterocycles. The summed E-state index contributed by atoms with van der Waals surface area (Å²) in [5, 5.41) is 8.38. The van der Waals surface area contributed by atoms with Crippen molar-refractivity contribution < 1.29 is 9.90 Å². The van der Waals surface area contributed by atoms with Crippen molar-refractivity contribution in [3.05, 3.63) is 11.6 Å². The predicted molar refractivity (Wildman–Crippen MR) is 38.7 cm³/mol. The van der Waals surface area contributed by atoms with Crippen LogP contribution in [0.2, 0.25) is 0 Å². The molecular formula is C8H12O2. The normalized spacial score (nSPS) is 29.3. The van der Waals surface area contributed by atoms with Gasteiger partial charge < -0.3 is 5.11 Å². The van der Waals surface area contributed by atoms with E-state index in [1.54, 1.807) is 0 Å². The smallest absolute Gasteiger partial charge is 0.328 e. The van der Waals surface area contributed by atoms with Gasteiger partial charge in [0.05, 0.1) is 0 Å². The Morgan fingerprint density at radius 3 is 2.90 bits per heavy atom. The lowest BCUT2D eigenvalue weighted by Gasteiger charge is -1.93. The van der Waals surface area contributed by atoms with Gasteiger partial charge in [-0.3, -0.25) is 0 Å². The average molecular weight is 140 g/mol. The minimum absolute atomic E-state index is 0.686. The molecule has 0 bridgehead atoms. The molecule has 0 spiro atoms. The van der Waals surface area contributed by atoms with E-state index in [9.17, 15) is 4.79 Å². The molecule has 0 amide bonds. The van der Waals surface area contributed by atoms with Gasteiger partial charge in [0.25, 0.3) is 0 Å². The Bertz CT molecular complexity index is 170. The zero-order valence-electron chi connectivity index (χ0n) is 6.13. The van der Waals surface area contributed by atoms with Crippen molar-refractivity contribution in [3.63, 3.8) is 0 Å². The SMILES string of the molecule is CC1CC/C(=C/C(=O)O)C1. The highest BCUT2D eigenvalue weighted by atomic mass is 16.4. The van der Waals surface area contributed by atoms with Crippen molar-refractivity contribution in [3.8, 4) is 0 Å². The fraction of sp³-hybridized carbons (Fsp3) is 0.625. The molecule has 2 heteroatoms. The van der Waals surface area contributed by atoms with Crippen molar-refractivity contribution in [1.82, 2.24) is 0 Å². The topological polar surface area (TPSA) is 37.3 Å². The van der Waals surface area contributed by atoms with Crippen molar-refractivity contribution in [2.45, 2.75) is 26.2 Å². The summed E-state index contributed by atoms with van der Waals surface area (Å²) in [5.41, 5.74) is 1.10. The second-order valence-corrected chi connectivity index (χ2v) is 2.99. The predicted octanol–water partition coefficient (Wildman–Crippen LogP) is 1.82. The molecule has 1 unspecified atom stereocenters. The molecule has 0 radical (unpaired) electrons. The molecular weight excluding hydrogens is 128 g/mol. The molecule has 10 heavy (non-hydrogen) atoms. The first-order valence-electron chi connectivity index (χ1n) is 3.61. The van der Waals surface area contributed by atoms with E-state index in [0.717, 1.165) is 24.8 Å². The molecule has 1 saturated carbocycles. The molecule has 0 aromatic carbocycles. The average Bonchev–Trinajstić information content (AvgIpc) is 2.13. The van der Waals surface area contributed by atoms with E-state index in [4.69, 9.17) is 5.11 Å². The highest BCUT2D eigenvalue weighted by molar-refractivity contribution is 5.80. The Balaban J connectivity index is 2.51. The van der Waals surface area contributed by atoms with Gasteiger partial charge in [0.1, 0.15) is 0 Å². The Morgan fingerprint density at radius 1 is 1.80 bits per heavy atom. The van der Waals surface area contributed by atoms with Crippen LogP contribution in [0.3, 0.4) is 0 Å². The molecule has 1 atom stereocenters. The lowest BCUT2D eigenvalue weighted by atomic mass is 10.1. The maximum atomic E-state index is 10.2. The zero-order valence-corrected chi connectivity index (χ0v) is 6.13. The number of allylic oxidation sites excluding steroid dienone is 1. The van der Waals surface area contributed by atoms with Crippen LogP contribution in [0.5, 0.6) is 0 Å². The van der Waals surface area contributed by atoms with E-state index in [1.165, 1.54) is 6.08 Å². The monoisotopic (exact) mass is 140 g/mol. The summed E-state index contributed by atoms with van der Waals surface area (Å²) in [6, 6.07) is 0. The van der Waals surface area contributed by atoms with Crippen LogP contribution in [-0.4, -0.2) is 11.1 Å². The molecule has 0 aromatic heterocycles. The van der Waals surface area contributed by atoms with E-state index in [1.807, 2.05) is 0 Å². The summed E-state index contributed by atoms with van der Waals surface area (Å²) in [4.78, 5) is 10.2. The van der Waals surface area contributed by atoms with Gasteiger partial charge in [-0.2, -0.15) is 0 Å². The Hall–Kier alpha value is -0.790. The van der Waals surface area contributed by atoms with Crippen LogP contribution in [-0.2, 0) is 4.79 Å². The number of hydrogen-bond donors (Lipinski definition) is 1. The van der Waals surface area contributed by atoms with Gasteiger partial charge in [0.15, 0.2) is 0 Å². The Kier molecular flexibility index (Phi) is 2.10. The maximum absolute atomic E-state index is 10.2. The first-order valence-corrected chi connectivity index (χ1v) is 3.61. The number of aliphatic carboxylic acids is 1. The summed E-state index contributed by atoms with van der Waals surface area (Å²) in [6.07, 6.45) is 4.46. The molecule has 0 saturated heterocycles. The molecule has 1 rings (SSSR count). The molecule has 1 aliphatic carbocycles. The minimum Gasteiger partial charge on any atom is -0.478 e. The fourth-order valence-corrected chi connectivity index (χ4v) is 1.39. The summed E-state index contributed by atoms with van der Waals surface area (Å²) >= 11 is 0. The third kappa shape index (κ3) is 1.87. The highest BCUT2D eigenvalue weighted by Gasteiger charge is 2.14. The maximum Gasteiger partial charge on any atom is 0.328 e. The number of carbonyl (C=O) groups is 1. The van der Waals surface area contributed by atoms with Crippen LogP contribution in [0.4, 0.5) is 0 Å². The minimum atomic E-state index is -0.802. The molecule has 0 aliphatic heterocycles. The van der Waals surface area contributed by atoms with Gasteiger partial charge in [0.2, 0.25) is 0 Å². The first kappa shape index (κ1) is 7.32. The third-order valence-electron chi connectivity index (χ3n) is 1.90. The summed E-state index contributed by atoms with van der Waals surface area (Å²) in [5.74, 6) is -0.116. The molecule has 1 N–H and O–H groups in total. The number of carboxylic acid groups (broad SMARTS) is 1. The second-order valence-electron chi connectivity index (χ2n) is 2.99. The number of carboxylic acids is 1. The summed E-state index contributed by atoms with van der Waals surface area (Å²) < 4.78 is 0. The molecule has 1 aliphatic rings. The van der Waals surface area contributed by atoms with Gasteiger partial charge in [0, 0.05) is 6.08 Å². The lowest BCUT2D eigenvalue weighted by molar-refractivity contribution is -0.131. The molecule has 2 nitrogen and oxygen atoms in total. The van der Waals surface area contributed by atoms with Crippen LogP contribution in [0.25, 0.3) is 0 Å². The van der Waals surface area contributed by atoms with E-state index in [0.29, 0.717) is 5.92 Å². The molecule has 0 aromatic rings. The Labute approximate surface area is 60.6 Å². The van der Waals surface area contributed by atoms with Gasteiger partial charge in [-0.15, -0.1) is 0 Å². The zero-order chi connectivity index (χ0) is 7.56. The Morgan fingerprint density at radius 2 is 2.50 bits per heavy atom. The molecule has 56 valence electrons. The van der Waals surface area contributed by atoms with Crippen LogP contribution >= 0.6 is 0 Å². The lowest BCUT2D eigenvalue weighted by Crippen LogP contribution is -1.89. The van der Waals surface area contributed by atoms with Crippen molar-refractivity contribution >= 4 is 5.97 Å². The second kappa shape index (κ2) is 2.86. The van der Waals surface area contributed by atoms with Gasteiger partial charge in [-0.25, -0.2) is 4.79 Å². The van der Waals surface area contributed by atoms with E-state index >= 15 is 0 Å². The van der Waals surface area contributed by atoms with Crippen LogP contribution in [0.1, 0.15) is 26.2 Å². The summed E-state index contributed by atoms with van der Waals surface area (Å²) in [7, 11) is 0.